The molecule has 1 heterocycles. The van der Waals surface area contributed by atoms with Crippen LogP contribution in [0, 0.1) is 0 Å². The van der Waals surface area contributed by atoms with Gasteiger partial charge in [0, 0.05) is 18.7 Å². The fourth-order valence-electron chi connectivity index (χ4n) is 2.43. The van der Waals surface area contributed by atoms with Crippen LogP contribution in [-0.2, 0) is 4.79 Å². The number of nitrogens with two attached hydrogens (primary N) is 2. The van der Waals surface area contributed by atoms with Gasteiger partial charge in [-0.25, -0.2) is 0 Å². The lowest BCUT2D eigenvalue weighted by molar-refractivity contribution is -0.117. The Morgan fingerprint density at radius 3 is 2.57 bits per heavy atom. The van der Waals surface area contributed by atoms with Crippen LogP contribution in [-0.4, -0.2) is 30.9 Å². The van der Waals surface area contributed by atoms with Gasteiger partial charge in [0.05, 0.1) is 17.4 Å². The number of carbonyl (C=O) groups excluding carboxylic acids is 2. The highest BCUT2D eigenvalue weighted by Gasteiger charge is 2.19. The molecule has 1 atom stereocenters. The molecule has 2 amide bonds. The van der Waals surface area contributed by atoms with Crippen LogP contribution < -0.4 is 21.7 Å². The van der Waals surface area contributed by atoms with Crippen molar-refractivity contribution in [3.63, 3.8) is 0 Å². The van der Waals surface area contributed by atoms with E-state index in [1.54, 1.807) is 12.1 Å². The Labute approximate surface area is 124 Å². The maximum absolute atomic E-state index is 12.0. The van der Waals surface area contributed by atoms with Crippen LogP contribution >= 0.6 is 0 Å². The van der Waals surface area contributed by atoms with Crippen LogP contribution in [0.5, 0.6) is 0 Å². The molecule has 0 radical (unpaired) electrons. The van der Waals surface area contributed by atoms with Gasteiger partial charge >= 0.3 is 0 Å². The van der Waals surface area contributed by atoms with Crippen molar-refractivity contribution in [2.75, 3.05) is 23.3 Å². The molecule has 1 fully saturated rings. The van der Waals surface area contributed by atoms with Crippen molar-refractivity contribution in [2.45, 2.75) is 32.2 Å². The van der Waals surface area contributed by atoms with Gasteiger partial charge in [-0.2, -0.15) is 0 Å². The minimum absolute atomic E-state index is 0.250. The predicted octanol–water partition coefficient (Wildman–Crippen LogP) is 1.06. The second-order valence-corrected chi connectivity index (χ2v) is 5.29. The number of rotatable bonds is 5. The zero-order chi connectivity index (χ0) is 15.4. The maximum Gasteiger partial charge on any atom is 0.248 e. The molecule has 6 heteroatoms. The summed E-state index contributed by atoms with van der Waals surface area (Å²) in [5.74, 6) is -0.766. The van der Waals surface area contributed by atoms with E-state index in [-0.39, 0.29) is 5.91 Å². The summed E-state index contributed by atoms with van der Waals surface area (Å²) in [6.45, 7) is 3.74. The molecule has 0 unspecified atom stereocenters. The molecule has 21 heavy (non-hydrogen) atoms. The summed E-state index contributed by atoms with van der Waals surface area (Å²) < 4.78 is 0. The van der Waals surface area contributed by atoms with E-state index in [0.717, 1.165) is 31.6 Å². The summed E-state index contributed by atoms with van der Waals surface area (Å²) in [5.41, 5.74) is 12.9. The smallest absolute Gasteiger partial charge is 0.248 e. The van der Waals surface area contributed by atoms with E-state index < -0.39 is 11.9 Å². The molecule has 1 aliphatic heterocycles. The lowest BCUT2D eigenvalue weighted by Crippen LogP contribution is -2.35. The first-order chi connectivity index (χ1) is 10.0. The molecular weight excluding hydrogens is 268 g/mol. The van der Waals surface area contributed by atoms with Crippen molar-refractivity contribution in [1.29, 1.82) is 0 Å². The Balaban J connectivity index is 2.31. The third kappa shape index (κ3) is 3.52. The average Bonchev–Trinajstić information content (AvgIpc) is 3.00. The Hall–Kier alpha value is -2.08. The van der Waals surface area contributed by atoms with Crippen molar-refractivity contribution in [2.24, 2.45) is 11.5 Å². The van der Waals surface area contributed by atoms with Gasteiger partial charge in [0.2, 0.25) is 11.8 Å². The number of amides is 2. The van der Waals surface area contributed by atoms with Gasteiger partial charge in [0.25, 0.3) is 0 Å². The van der Waals surface area contributed by atoms with Crippen LogP contribution in [0.3, 0.4) is 0 Å². The number of nitrogens with one attached hydrogen (secondary N) is 1. The number of hydrogen-bond acceptors (Lipinski definition) is 4. The van der Waals surface area contributed by atoms with Gasteiger partial charge in [-0.05, 0) is 37.5 Å². The van der Waals surface area contributed by atoms with Crippen LogP contribution in [0.25, 0.3) is 0 Å². The summed E-state index contributed by atoms with van der Waals surface area (Å²) in [5, 5.41) is 2.82. The normalized spacial score (nSPS) is 15.8. The molecule has 0 spiro atoms. The molecule has 114 valence electrons. The lowest BCUT2D eigenvalue weighted by atomic mass is 10.1. The molecule has 5 N–H and O–H groups in total. The van der Waals surface area contributed by atoms with E-state index in [9.17, 15) is 9.59 Å². The van der Waals surface area contributed by atoms with E-state index in [1.165, 1.54) is 0 Å². The highest BCUT2D eigenvalue weighted by molar-refractivity contribution is 6.00. The molecule has 1 saturated heterocycles. The molecule has 0 bridgehead atoms. The number of primary amides is 1. The summed E-state index contributed by atoms with van der Waals surface area (Å²) in [4.78, 5) is 25.5. The van der Waals surface area contributed by atoms with Gasteiger partial charge in [-0.3, -0.25) is 9.59 Å². The second-order valence-electron chi connectivity index (χ2n) is 5.29. The summed E-state index contributed by atoms with van der Waals surface area (Å²) in [6, 6.07) is 4.58. The van der Waals surface area contributed by atoms with Gasteiger partial charge in [-0.15, -0.1) is 0 Å². The van der Waals surface area contributed by atoms with Crippen LogP contribution in [0.1, 0.15) is 36.5 Å². The van der Waals surface area contributed by atoms with Crippen LogP contribution in [0.2, 0.25) is 0 Å². The van der Waals surface area contributed by atoms with Crippen LogP contribution in [0.15, 0.2) is 18.2 Å². The Bertz CT molecular complexity index is 538. The van der Waals surface area contributed by atoms with E-state index in [2.05, 4.69) is 10.2 Å². The molecule has 1 aromatic rings. The van der Waals surface area contributed by atoms with Crippen molar-refractivity contribution >= 4 is 23.2 Å². The number of hydrogen-bond donors (Lipinski definition) is 3. The van der Waals surface area contributed by atoms with Gasteiger partial charge in [-0.1, -0.05) is 6.92 Å². The zero-order valence-electron chi connectivity index (χ0n) is 12.3. The molecule has 1 aromatic carbocycles. The van der Waals surface area contributed by atoms with Gasteiger partial charge < -0.3 is 21.7 Å². The summed E-state index contributed by atoms with van der Waals surface area (Å²) >= 11 is 0. The van der Waals surface area contributed by atoms with Gasteiger partial charge in [0.1, 0.15) is 0 Å². The number of benzene rings is 1. The lowest BCUT2D eigenvalue weighted by Gasteiger charge is -2.22. The predicted molar refractivity (Wildman–Crippen MR) is 83.3 cm³/mol. The largest absolute Gasteiger partial charge is 0.370 e. The minimum Gasteiger partial charge on any atom is -0.370 e. The summed E-state index contributed by atoms with van der Waals surface area (Å²) in [6.07, 6.45) is 2.80. The molecule has 0 aromatic heterocycles. The van der Waals surface area contributed by atoms with Crippen molar-refractivity contribution in [1.82, 2.24) is 0 Å². The van der Waals surface area contributed by atoms with Crippen molar-refractivity contribution in [3.05, 3.63) is 23.8 Å². The first-order valence-electron chi connectivity index (χ1n) is 7.28. The highest BCUT2D eigenvalue weighted by Crippen LogP contribution is 2.30. The van der Waals surface area contributed by atoms with E-state index in [4.69, 9.17) is 11.5 Å². The third-order valence-corrected chi connectivity index (χ3v) is 3.76. The highest BCUT2D eigenvalue weighted by atomic mass is 16.2. The summed E-state index contributed by atoms with van der Waals surface area (Å²) in [7, 11) is 0. The first-order valence-corrected chi connectivity index (χ1v) is 7.28. The number of nitrogens with zero attached hydrogens (tertiary/aromatic N) is 1. The SMILES string of the molecule is CC[C@H](N)C(=O)Nc1cc(C(N)=O)ccc1N1CCCC1. The molecule has 0 aliphatic carbocycles. The van der Waals surface area contributed by atoms with Gasteiger partial charge in [0.15, 0.2) is 0 Å². The zero-order valence-corrected chi connectivity index (χ0v) is 12.3. The monoisotopic (exact) mass is 290 g/mol. The number of anilines is 2. The Kier molecular flexibility index (Phi) is 4.80. The third-order valence-electron chi connectivity index (χ3n) is 3.76. The molecular formula is C15H22N4O2. The van der Waals surface area contributed by atoms with Crippen LogP contribution in [0.4, 0.5) is 11.4 Å². The van der Waals surface area contributed by atoms with E-state index >= 15 is 0 Å². The quantitative estimate of drug-likeness (QED) is 0.754. The topological polar surface area (TPSA) is 101 Å². The van der Waals surface area contributed by atoms with E-state index in [0.29, 0.717) is 17.7 Å². The fourth-order valence-corrected chi connectivity index (χ4v) is 2.43. The Morgan fingerprint density at radius 2 is 2.00 bits per heavy atom. The second kappa shape index (κ2) is 6.58. The molecule has 2 rings (SSSR count). The van der Waals surface area contributed by atoms with E-state index in [1.807, 2.05) is 13.0 Å². The molecule has 1 aliphatic rings. The molecule has 0 saturated carbocycles. The minimum atomic E-state index is -0.561. The maximum atomic E-state index is 12.0. The van der Waals surface area contributed by atoms with Crippen molar-refractivity contribution in [3.8, 4) is 0 Å². The average molecular weight is 290 g/mol. The number of carbonyl (C=O) groups is 2. The Morgan fingerprint density at radius 1 is 1.33 bits per heavy atom. The molecule has 6 nitrogen and oxygen atoms in total. The fraction of sp³-hybridized carbons (Fsp3) is 0.467. The standard InChI is InChI=1S/C15H22N4O2/c1-2-11(16)15(21)18-12-9-10(14(17)20)5-6-13(12)19-7-3-4-8-19/h5-6,9,11H,2-4,7-8,16H2,1H3,(H2,17,20)(H,18,21)/t11-/m0/s1. The van der Waals surface area contributed by atoms with Crippen molar-refractivity contribution < 1.29 is 9.59 Å². The first kappa shape index (κ1) is 15.3.